The molecular formula is C24H25FN4O2. The fourth-order valence-electron chi connectivity index (χ4n) is 3.86. The van der Waals surface area contributed by atoms with Gasteiger partial charge in [0.2, 0.25) is 5.91 Å². The third-order valence-electron chi connectivity index (χ3n) is 5.47. The molecule has 0 bridgehead atoms. The third-order valence-corrected chi connectivity index (χ3v) is 5.47. The molecule has 0 unspecified atom stereocenters. The van der Waals surface area contributed by atoms with E-state index in [-0.39, 0.29) is 24.2 Å². The number of methoxy groups -OCH3 is 1. The van der Waals surface area contributed by atoms with Crippen LogP contribution < -0.4 is 15.0 Å². The summed E-state index contributed by atoms with van der Waals surface area (Å²) in [6.07, 6.45) is 1.84. The second-order valence-corrected chi connectivity index (χ2v) is 7.61. The van der Waals surface area contributed by atoms with Gasteiger partial charge in [0.05, 0.1) is 19.2 Å². The molecular weight excluding hydrogens is 395 g/mol. The van der Waals surface area contributed by atoms with Crippen LogP contribution in [0, 0.1) is 5.82 Å². The Balaban J connectivity index is 1.31. The average molecular weight is 420 g/mol. The van der Waals surface area contributed by atoms with E-state index in [0.29, 0.717) is 5.56 Å². The molecule has 1 fully saturated rings. The normalized spacial score (nSPS) is 14.3. The molecule has 1 aromatic heterocycles. The van der Waals surface area contributed by atoms with Crippen LogP contribution in [-0.4, -0.2) is 42.3 Å². The average Bonchev–Trinajstić information content (AvgIpc) is 2.79. The van der Waals surface area contributed by atoms with Crippen LogP contribution in [0.1, 0.15) is 18.4 Å². The molecule has 1 aliphatic heterocycles. The first-order valence-corrected chi connectivity index (χ1v) is 10.4. The van der Waals surface area contributed by atoms with Crippen LogP contribution in [0.15, 0.2) is 60.7 Å². The largest absolute Gasteiger partial charge is 0.496 e. The summed E-state index contributed by atoms with van der Waals surface area (Å²) in [6.45, 7) is 1.57. The molecule has 0 spiro atoms. The van der Waals surface area contributed by atoms with E-state index in [9.17, 15) is 9.18 Å². The zero-order valence-corrected chi connectivity index (χ0v) is 17.4. The second kappa shape index (κ2) is 9.55. The number of rotatable bonds is 6. The van der Waals surface area contributed by atoms with Crippen molar-refractivity contribution in [2.45, 2.75) is 25.3 Å². The van der Waals surface area contributed by atoms with Crippen molar-refractivity contribution in [1.29, 1.82) is 0 Å². The lowest BCUT2D eigenvalue weighted by atomic mass is 10.0. The zero-order chi connectivity index (χ0) is 21.6. The first-order valence-electron chi connectivity index (χ1n) is 10.4. The summed E-state index contributed by atoms with van der Waals surface area (Å²) in [5.74, 6) is 1.18. The van der Waals surface area contributed by atoms with Gasteiger partial charge in [-0.3, -0.25) is 4.79 Å². The fourth-order valence-corrected chi connectivity index (χ4v) is 3.86. The predicted molar refractivity (Wildman–Crippen MR) is 118 cm³/mol. The van der Waals surface area contributed by atoms with Crippen molar-refractivity contribution in [2.24, 2.45) is 0 Å². The van der Waals surface area contributed by atoms with Crippen LogP contribution in [0.2, 0.25) is 0 Å². The number of halogens is 1. The highest BCUT2D eigenvalue weighted by molar-refractivity contribution is 5.78. The van der Waals surface area contributed by atoms with E-state index < -0.39 is 0 Å². The van der Waals surface area contributed by atoms with Crippen molar-refractivity contribution in [1.82, 2.24) is 15.5 Å². The number of carbonyl (C=O) groups excluding carboxylic acids is 1. The standard InChI is InChI=1S/C24H25FN4O2/c1-31-22-8-3-2-7-20(22)21-9-10-23(28-27-21)29-13-11-19(12-14-29)26-24(30)16-17-5-4-6-18(25)15-17/h2-10,15,19H,11-14,16H2,1H3,(H,26,30). The van der Waals surface area contributed by atoms with E-state index >= 15 is 0 Å². The molecule has 7 heteroatoms. The first kappa shape index (κ1) is 20.8. The molecule has 4 rings (SSSR count). The molecule has 1 aliphatic rings. The number of hydrogen-bond acceptors (Lipinski definition) is 5. The molecule has 160 valence electrons. The third kappa shape index (κ3) is 5.17. The van der Waals surface area contributed by atoms with Gasteiger partial charge < -0.3 is 15.0 Å². The van der Waals surface area contributed by atoms with E-state index in [1.165, 1.54) is 12.1 Å². The highest BCUT2D eigenvalue weighted by Crippen LogP contribution is 2.28. The number of nitrogens with zero attached hydrogens (tertiary/aromatic N) is 3. The van der Waals surface area contributed by atoms with Crippen LogP contribution >= 0.6 is 0 Å². The van der Waals surface area contributed by atoms with Gasteiger partial charge in [0.25, 0.3) is 0 Å². The molecule has 0 saturated carbocycles. The van der Waals surface area contributed by atoms with Gasteiger partial charge in [-0.2, -0.15) is 0 Å². The molecule has 0 aliphatic carbocycles. The summed E-state index contributed by atoms with van der Waals surface area (Å²) in [5.41, 5.74) is 2.35. The quantitative estimate of drug-likeness (QED) is 0.660. The van der Waals surface area contributed by atoms with Gasteiger partial charge in [-0.15, -0.1) is 10.2 Å². The van der Waals surface area contributed by atoms with Crippen molar-refractivity contribution < 1.29 is 13.9 Å². The number of carbonyl (C=O) groups is 1. The van der Waals surface area contributed by atoms with Gasteiger partial charge in [-0.25, -0.2) is 4.39 Å². The number of aromatic nitrogens is 2. The molecule has 1 saturated heterocycles. The van der Waals surface area contributed by atoms with Crippen LogP contribution in [0.5, 0.6) is 5.75 Å². The predicted octanol–water partition coefficient (Wildman–Crippen LogP) is 3.62. The fraction of sp³-hybridized carbons (Fsp3) is 0.292. The summed E-state index contributed by atoms with van der Waals surface area (Å²) in [6, 6.07) is 17.9. The molecule has 31 heavy (non-hydrogen) atoms. The topological polar surface area (TPSA) is 67.3 Å². The van der Waals surface area contributed by atoms with Crippen molar-refractivity contribution in [2.75, 3.05) is 25.1 Å². The molecule has 2 aromatic carbocycles. The molecule has 0 atom stereocenters. The van der Waals surface area contributed by atoms with Gasteiger partial charge in [-0.05, 0) is 54.8 Å². The van der Waals surface area contributed by atoms with Gasteiger partial charge >= 0.3 is 0 Å². The Labute approximate surface area is 181 Å². The molecule has 1 amide bonds. The number of anilines is 1. The number of hydrogen-bond donors (Lipinski definition) is 1. The Hall–Kier alpha value is -3.48. The lowest BCUT2D eigenvalue weighted by Gasteiger charge is -2.33. The molecule has 3 aromatic rings. The number of ether oxygens (including phenoxy) is 1. The Morgan fingerprint density at radius 2 is 1.90 bits per heavy atom. The SMILES string of the molecule is COc1ccccc1-c1ccc(N2CCC(NC(=O)Cc3cccc(F)c3)CC2)nn1. The molecule has 2 heterocycles. The van der Waals surface area contributed by atoms with E-state index in [0.717, 1.165) is 48.8 Å². The van der Waals surface area contributed by atoms with Gasteiger partial charge in [-0.1, -0.05) is 24.3 Å². The lowest BCUT2D eigenvalue weighted by Crippen LogP contribution is -2.45. The Kier molecular flexibility index (Phi) is 6.40. The smallest absolute Gasteiger partial charge is 0.224 e. The summed E-state index contributed by atoms with van der Waals surface area (Å²) in [4.78, 5) is 14.5. The van der Waals surface area contributed by atoms with Gasteiger partial charge in [0, 0.05) is 24.7 Å². The summed E-state index contributed by atoms with van der Waals surface area (Å²) >= 11 is 0. The first-order chi connectivity index (χ1) is 15.1. The van der Waals surface area contributed by atoms with E-state index in [1.54, 1.807) is 19.2 Å². The minimum atomic E-state index is -0.323. The maximum absolute atomic E-state index is 13.3. The lowest BCUT2D eigenvalue weighted by molar-refractivity contribution is -0.121. The van der Waals surface area contributed by atoms with Crippen molar-refractivity contribution in [3.8, 4) is 17.0 Å². The van der Waals surface area contributed by atoms with Crippen LogP contribution in [0.4, 0.5) is 10.2 Å². The van der Waals surface area contributed by atoms with Crippen LogP contribution in [-0.2, 0) is 11.2 Å². The molecule has 1 N–H and O–H groups in total. The Morgan fingerprint density at radius 1 is 1.10 bits per heavy atom. The Bertz CT molecular complexity index is 1030. The number of benzene rings is 2. The molecule has 6 nitrogen and oxygen atoms in total. The maximum Gasteiger partial charge on any atom is 0.224 e. The number of amides is 1. The highest BCUT2D eigenvalue weighted by Gasteiger charge is 2.22. The van der Waals surface area contributed by atoms with Gasteiger partial charge in [0.1, 0.15) is 11.6 Å². The van der Waals surface area contributed by atoms with Crippen molar-refractivity contribution >= 4 is 11.7 Å². The summed E-state index contributed by atoms with van der Waals surface area (Å²) in [7, 11) is 1.64. The van der Waals surface area contributed by atoms with Crippen molar-refractivity contribution in [3.05, 3.63) is 72.0 Å². The minimum Gasteiger partial charge on any atom is -0.496 e. The minimum absolute atomic E-state index is 0.0787. The maximum atomic E-state index is 13.3. The number of para-hydroxylation sites is 1. The monoisotopic (exact) mass is 420 g/mol. The highest BCUT2D eigenvalue weighted by atomic mass is 19.1. The van der Waals surface area contributed by atoms with Crippen molar-refractivity contribution in [3.63, 3.8) is 0 Å². The Morgan fingerprint density at radius 3 is 2.61 bits per heavy atom. The van der Waals surface area contributed by atoms with Crippen LogP contribution in [0.25, 0.3) is 11.3 Å². The van der Waals surface area contributed by atoms with E-state index in [1.807, 2.05) is 36.4 Å². The zero-order valence-electron chi connectivity index (χ0n) is 17.4. The summed E-state index contributed by atoms with van der Waals surface area (Å²) in [5, 5.41) is 11.8. The second-order valence-electron chi connectivity index (χ2n) is 7.61. The van der Waals surface area contributed by atoms with Crippen LogP contribution in [0.3, 0.4) is 0 Å². The number of piperidine rings is 1. The summed E-state index contributed by atoms with van der Waals surface area (Å²) < 4.78 is 18.7. The van der Waals surface area contributed by atoms with E-state index in [4.69, 9.17) is 4.74 Å². The van der Waals surface area contributed by atoms with E-state index in [2.05, 4.69) is 20.4 Å². The number of nitrogens with one attached hydrogen (secondary N) is 1. The van der Waals surface area contributed by atoms with Gasteiger partial charge in [0.15, 0.2) is 5.82 Å². The molecule has 0 radical (unpaired) electrons.